The monoisotopic (exact) mass is 262 g/mol. The molecule has 0 fully saturated rings. The molecule has 2 aromatic rings. The van der Waals surface area contributed by atoms with Gasteiger partial charge in [0.2, 0.25) is 0 Å². The Bertz CT molecular complexity index is 564. The number of rotatable bonds is 3. The van der Waals surface area contributed by atoms with Crippen LogP contribution >= 0.6 is 0 Å². The predicted molar refractivity (Wildman–Crippen MR) is 70.8 cm³/mol. The fourth-order valence-electron chi connectivity index (χ4n) is 1.78. The lowest BCUT2D eigenvalue weighted by molar-refractivity contribution is 0.101. The van der Waals surface area contributed by atoms with Gasteiger partial charge in [-0.25, -0.2) is 0 Å². The van der Waals surface area contributed by atoms with Gasteiger partial charge in [-0.05, 0) is 11.8 Å². The lowest BCUT2D eigenvalue weighted by Gasteiger charge is -2.15. The highest BCUT2D eigenvalue weighted by Gasteiger charge is 2.17. The molecule has 0 bridgehead atoms. The van der Waals surface area contributed by atoms with Crippen LogP contribution in [0.5, 0.6) is 0 Å². The minimum absolute atomic E-state index is 0.155. The highest BCUT2D eigenvalue weighted by Crippen LogP contribution is 2.21. The van der Waals surface area contributed by atoms with E-state index in [-0.39, 0.29) is 17.0 Å². The van der Waals surface area contributed by atoms with Gasteiger partial charge < -0.3 is 9.84 Å². The number of aromatic nitrogens is 3. The molecule has 2 rings (SSSR count). The number of anilines is 1. The largest absolute Gasteiger partial charge is 0.364 e. The van der Waals surface area contributed by atoms with Crippen molar-refractivity contribution in [3.63, 3.8) is 0 Å². The molecule has 0 aromatic carbocycles. The summed E-state index contributed by atoms with van der Waals surface area (Å²) in [5.41, 5.74) is 1.35. The van der Waals surface area contributed by atoms with Crippen LogP contribution in [0.1, 0.15) is 37.0 Å². The van der Waals surface area contributed by atoms with Crippen LogP contribution in [0.4, 0.5) is 5.82 Å². The molecule has 1 amide bonds. The second-order valence-corrected chi connectivity index (χ2v) is 5.72. The summed E-state index contributed by atoms with van der Waals surface area (Å²) >= 11 is 0. The molecule has 102 valence electrons. The molecule has 0 saturated carbocycles. The summed E-state index contributed by atoms with van der Waals surface area (Å²) in [4.78, 5) is 11.8. The van der Waals surface area contributed by atoms with Crippen LogP contribution in [-0.4, -0.2) is 20.8 Å². The molecule has 0 aliphatic carbocycles. The smallest absolute Gasteiger partial charge is 0.278 e. The molecule has 2 aromatic heterocycles. The number of nitrogens with zero attached hydrogens (tertiary/aromatic N) is 3. The highest BCUT2D eigenvalue weighted by atomic mass is 16.5. The average Bonchev–Trinajstić information content (AvgIpc) is 2.87. The van der Waals surface area contributed by atoms with E-state index in [1.807, 2.05) is 6.07 Å². The van der Waals surface area contributed by atoms with E-state index in [0.717, 1.165) is 12.1 Å². The molecule has 19 heavy (non-hydrogen) atoms. The van der Waals surface area contributed by atoms with Crippen LogP contribution in [0.25, 0.3) is 0 Å². The Morgan fingerprint density at radius 2 is 2.21 bits per heavy atom. The average molecular weight is 262 g/mol. The topological polar surface area (TPSA) is 73.0 Å². The van der Waals surface area contributed by atoms with E-state index < -0.39 is 0 Å². The number of aryl methyl sites for hydroxylation is 1. The molecule has 0 radical (unpaired) electrons. The minimum Gasteiger partial charge on any atom is -0.364 e. The van der Waals surface area contributed by atoms with E-state index in [9.17, 15) is 4.79 Å². The molecule has 2 heterocycles. The second kappa shape index (κ2) is 4.87. The quantitative estimate of drug-likeness (QED) is 0.920. The van der Waals surface area contributed by atoms with Gasteiger partial charge in [0, 0.05) is 19.2 Å². The van der Waals surface area contributed by atoms with Crippen LogP contribution in [0.15, 0.2) is 22.9 Å². The summed E-state index contributed by atoms with van der Waals surface area (Å²) < 4.78 is 6.29. The van der Waals surface area contributed by atoms with Crippen molar-refractivity contribution < 1.29 is 9.32 Å². The molecule has 1 N–H and O–H groups in total. The molecule has 6 nitrogen and oxygen atoms in total. The Morgan fingerprint density at radius 3 is 2.79 bits per heavy atom. The fraction of sp³-hybridized carbons (Fsp3) is 0.462. The number of carbonyl (C=O) groups excluding carboxylic acids is 1. The van der Waals surface area contributed by atoms with Gasteiger partial charge in [-0.2, -0.15) is 5.10 Å². The van der Waals surface area contributed by atoms with Gasteiger partial charge in [-0.1, -0.05) is 25.9 Å². The van der Waals surface area contributed by atoms with E-state index in [0.29, 0.717) is 5.82 Å². The molecular formula is C13H18N4O2. The van der Waals surface area contributed by atoms with Crippen molar-refractivity contribution in [1.82, 2.24) is 14.9 Å². The zero-order valence-corrected chi connectivity index (χ0v) is 11.6. The number of nitrogens with one attached hydrogen (secondary N) is 1. The van der Waals surface area contributed by atoms with E-state index in [4.69, 9.17) is 0 Å². The first-order chi connectivity index (χ1) is 8.85. The summed E-state index contributed by atoms with van der Waals surface area (Å²) in [5, 5.41) is 10.7. The van der Waals surface area contributed by atoms with Gasteiger partial charge in [-0.3, -0.25) is 9.48 Å². The molecular weight excluding hydrogens is 244 g/mol. The Morgan fingerprint density at radius 1 is 1.47 bits per heavy atom. The summed E-state index contributed by atoms with van der Waals surface area (Å²) in [6, 6.07) is 3.39. The van der Waals surface area contributed by atoms with Gasteiger partial charge in [0.05, 0.1) is 5.69 Å². The molecule has 0 unspecified atom stereocenters. The molecule has 0 aliphatic rings. The lowest BCUT2D eigenvalue weighted by atomic mass is 9.91. The van der Waals surface area contributed by atoms with Crippen molar-refractivity contribution in [2.45, 2.75) is 27.2 Å². The van der Waals surface area contributed by atoms with Crippen molar-refractivity contribution in [2.24, 2.45) is 12.5 Å². The van der Waals surface area contributed by atoms with Crippen molar-refractivity contribution in [1.29, 1.82) is 0 Å². The first-order valence-electron chi connectivity index (χ1n) is 6.10. The van der Waals surface area contributed by atoms with Crippen LogP contribution in [0.2, 0.25) is 0 Å². The van der Waals surface area contributed by atoms with E-state index in [1.54, 1.807) is 11.7 Å². The Hall–Kier alpha value is -2.11. The predicted octanol–water partition coefficient (Wildman–Crippen LogP) is 2.25. The number of hydrogen-bond donors (Lipinski definition) is 1. The van der Waals surface area contributed by atoms with E-state index in [2.05, 4.69) is 40.9 Å². The summed E-state index contributed by atoms with van der Waals surface area (Å²) in [6.45, 7) is 6.44. The Balaban J connectivity index is 2.11. The zero-order chi connectivity index (χ0) is 14.0. The number of amides is 1. The third-order valence-corrected chi connectivity index (χ3v) is 2.55. The zero-order valence-electron chi connectivity index (χ0n) is 11.6. The van der Waals surface area contributed by atoms with Crippen LogP contribution < -0.4 is 5.32 Å². The third-order valence-electron chi connectivity index (χ3n) is 2.55. The third kappa shape index (κ3) is 3.43. The first kappa shape index (κ1) is 13.3. The Labute approximate surface area is 111 Å². The highest BCUT2D eigenvalue weighted by molar-refractivity contribution is 6.02. The maximum atomic E-state index is 11.8. The van der Waals surface area contributed by atoms with Gasteiger partial charge in [-0.15, -0.1) is 0 Å². The van der Waals surface area contributed by atoms with Crippen molar-refractivity contribution in [3.05, 3.63) is 29.8 Å². The SMILES string of the molecule is Cn1nc(CC(C)(C)C)cc1NC(=O)c1ccon1. The number of carbonyl (C=O) groups is 1. The molecule has 0 atom stereocenters. The molecule has 0 saturated heterocycles. The Kier molecular flexibility index (Phi) is 3.42. The maximum absolute atomic E-state index is 11.8. The number of hydrogen-bond acceptors (Lipinski definition) is 4. The second-order valence-electron chi connectivity index (χ2n) is 5.72. The first-order valence-corrected chi connectivity index (χ1v) is 6.10. The minimum atomic E-state index is -0.306. The lowest BCUT2D eigenvalue weighted by Crippen LogP contribution is -2.14. The van der Waals surface area contributed by atoms with Gasteiger partial charge in [0.15, 0.2) is 5.69 Å². The summed E-state index contributed by atoms with van der Waals surface area (Å²) in [5.74, 6) is 0.339. The van der Waals surface area contributed by atoms with Crippen LogP contribution in [0, 0.1) is 5.41 Å². The molecule has 6 heteroatoms. The summed E-state index contributed by atoms with van der Waals surface area (Å²) in [7, 11) is 1.80. The van der Waals surface area contributed by atoms with Gasteiger partial charge in [0.25, 0.3) is 5.91 Å². The fourth-order valence-corrected chi connectivity index (χ4v) is 1.78. The normalized spacial score (nSPS) is 11.6. The van der Waals surface area contributed by atoms with Crippen molar-refractivity contribution in [3.8, 4) is 0 Å². The molecule has 0 spiro atoms. The van der Waals surface area contributed by atoms with Gasteiger partial charge in [0.1, 0.15) is 12.1 Å². The van der Waals surface area contributed by atoms with E-state index in [1.165, 1.54) is 12.3 Å². The maximum Gasteiger partial charge on any atom is 0.278 e. The molecule has 0 aliphatic heterocycles. The van der Waals surface area contributed by atoms with E-state index >= 15 is 0 Å². The standard InChI is InChI=1S/C13H18N4O2/c1-13(2,3)8-9-7-11(17(4)15-9)14-12(18)10-5-6-19-16-10/h5-7H,8H2,1-4H3,(H,14,18). The van der Waals surface area contributed by atoms with Crippen molar-refractivity contribution in [2.75, 3.05) is 5.32 Å². The summed E-state index contributed by atoms with van der Waals surface area (Å²) in [6.07, 6.45) is 2.21. The van der Waals surface area contributed by atoms with Gasteiger partial charge >= 0.3 is 0 Å². The van der Waals surface area contributed by atoms with Crippen LogP contribution in [0.3, 0.4) is 0 Å². The van der Waals surface area contributed by atoms with Crippen molar-refractivity contribution >= 4 is 11.7 Å². The van der Waals surface area contributed by atoms with Crippen LogP contribution in [-0.2, 0) is 13.5 Å².